The van der Waals surface area contributed by atoms with Gasteiger partial charge in [-0.15, -0.1) is 0 Å². The molecule has 0 spiro atoms. The summed E-state index contributed by atoms with van der Waals surface area (Å²) in [6, 6.07) is 9.21. The second-order valence-electron chi connectivity index (χ2n) is 9.71. The Morgan fingerprint density at radius 3 is 2.54 bits per heavy atom. The summed E-state index contributed by atoms with van der Waals surface area (Å²) in [6.07, 6.45) is 6.86. The molecule has 1 aliphatic carbocycles. The Balaban J connectivity index is 1.28. The molecule has 9 nitrogen and oxygen atoms in total. The van der Waals surface area contributed by atoms with E-state index in [1.54, 1.807) is 13.2 Å². The van der Waals surface area contributed by atoms with Gasteiger partial charge in [0.25, 0.3) is 0 Å². The third-order valence-electron chi connectivity index (χ3n) is 7.29. The molecule has 0 radical (unpaired) electrons. The van der Waals surface area contributed by atoms with E-state index in [0.29, 0.717) is 23.2 Å². The fraction of sp³-hybridized carbons (Fsp3) is 0.462. The second-order valence-corrected chi connectivity index (χ2v) is 9.71. The van der Waals surface area contributed by atoms with E-state index in [1.807, 2.05) is 4.90 Å². The van der Waals surface area contributed by atoms with Crippen LogP contribution in [0.3, 0.4) is 0 Å². The van der Waals surface area contributed by atoms with Gasteiger partial charge in [0, 0.05) is 39.3 Å². The number of nitrogens with one attached hydrogen (secondary N) is 2. The van der Waals surface area contributed by atoms with Gasteiger partial charge in [0.05, 0.1) is 12.2 Å². The van der Waals surface area contributed by atoms with Crippen LogP contribution in [0.4, 0.5) is 5.95 Å². The zero-order valence-corrected chi connectivity index (χ0v) is 20.4. The highest BCUT2D eigenvalue weighted by atomic mass is 16.2. The average molecular weight is 476 g/mol. The Bertz CT molecular complexity index is 1270. The number of aromatic amines is 1. The van der Waals surface area contributed by atoms with Crippen molar-refractivity contribution in [3.05, 3.63) is 64.7 Å². The van der Waals surface area contributed by atoms with E-state index in [1.165, 1.54) is 35.5 Å². The maximum atomic E-state index is 12.0. The Morgan fingerprint density at radius 2 is 1.89 bits per heavy atom. The quantitative estimate of drug-likeness (QED) is 0.486. The SMILES string of the molecule is C=CC(=O)N1CCN(C(CC2CC2)c2ccc([C@H](C)Nc3ncc4[nH]c(=O)n(C)c4n3)cc2)CC1. The van der Waals surface area contributed by atoms with Gasteiger partial charge in [0.1, 0.15) is 5.52 Å². The van der Waals surface area contributed by atoms with Crippen molar-refractivity contribution in [2.24, 2.45) is 13.0 Å². The lowest BCUT2D eigenvalue weighted by atomic mass is 9.96. The van der Waals surface area contributed by atoms with Crippen molar-refractivity contribution in [2.75, 3.05) is 31.5 Å². The minimum Gasteiger partial charge on any atom is -0.348 e. The van der Waals surface area contributed by atoms with Crippen molar-refractivity contribution in [3.8, 4) is 0 Å². The fourth-order valence-corrected chi connectivity index (χ4v) is 4.91. The van der Waals surface area contributed by atoms with Crippen LogP contribution in [0.1, 0.15) is 49.4 Å². The maximum absolute atomic E-state index is 12.0. The molecule has 3 heterocycles. The second kappa shape index (κ2) is 9.65. The van der Waals surface area contributed by atoms with Crippen LogP contribution in [-0.2, 0) is 11.8 Å². The first-order valence-corrected chi connectivity index (χ1v) is 12.4. The number of hydrogen-bond acceptors (Lipinski definition) is 6. The van der Waals surface area contributed by atoms with E-state index in [2.05, 4.69) is 62.9 Å². The number of H-pyrrole nitrogens is 1. The fourth-order valence-electron chi connectivity index (χ4n) is 4.91. The molecule has 2 atom stereocenters. The van der Waals surface area contributed by atoms with Gasteiger partial charge in [0.15, 0.2) is 5.65 Å². The number of hydrogen-bond donors (Lipinski definition) is 2. The molecule has 1 saturated carbocycles. The van der Waals surface area contributed by atoms with Crippen LogP contribution in [0.2, 0.25) is 0 Å². The molecule has 1 amide bonds. The van der Waals surface area contributed by atoms with Crippen molar-refractivity contribution < 1.29 is 4.79 Å². The van der Waals surface area contributed by atoms with Crippen LogP contribution in [0.5, 0.6) is 0 Å². The van der Waals surface area contributed by atoms with Gasteiger partial charge < -0.3 is 15.2 Å². The van der Waals surface area contributed by atoms with E-state index in [4.69, 9.17) is 0 Å². The molecular weight excluding hydrogens is 442 g/mol. The number of anilines is 1. The van der Waals surface area contributed by atoms with Crippen molar-refractivity contribution in [3.63, 3.8) is 0 Å². The Labute approximate surface area is 204 Å². The molecule has 1 saturated heterocycles. The topological polar surface area (TPSA) is 99.2 Å². The largest absolute Gasteiger partial charge is 0.348 e. The zero-order chi connectivity index (χ0) is 24.5. The van der Waals surface area contributed by atoms with Crippen LogP contribution in [0, 0.1) is 5.92 Å². The highest BCUT2D eigenvalue weighted by Crippen LogP contribution is 2.40. The van der Waals surface area contributed by atoms with E-state index < -0.39 is 0 Å². The Morgan fingerprint density at radius 1 is 1.20 bits per heavy atom. The van der Waals surface area contributed by atoms with Crippen LogP contribution < -0.4 is 11.0 Å². The van der Waals surface area contributed by atoms with Crippen LogP contribution in [0.15, 0.2) is 47.9 Å². The molecule has 5 rings (SSSR count). The molecule has 184 valence electrons. The van der Waals surface area contributed by atoms with Gasteiger partial charge in [-0.3, -0.25) is 14.3 Å². The highest BCUT2D eigenvalue weighted by molar-refractivity contribution is 5.87. The average Bonchev–Trinajstić information content (AvgIpc) is 3.67. The van der Waals surface area contributed by atoms with Gasteiger partial charge in [-0.05, 0) is 36.5 Å². The number of imidazole rings is 1. The van der Waals surface area contributed by atoms with Crippen molar-refractivity contribution in [1.82, 2.24) is 29.3 Å². The van der Waals surface area contributed by atoms with Gasteiger partial charge in [-0.1, -0.05) is 43.7 Å². The third-order valence-corrected chi connectivity index (χ3v) is 7.29. The predicted octanol–water partition coefficient (Wildman–Crippen LogP) is 3.00. The van der Waals surface area contributed by atoms with Gasteiger partial charge in [-0.2, -0.15) is 4.98 Å². The molecule has 2 fully saturated rings. The summed E-state index contributed by atoms with van der Waals surface area (Å²) >= 11 is 0. The number of carbonyl (C=O) groups excluding carboxylic acids is 1. The summed E-state index contributed by atoms with van der Waals surface area (Å²) in [7, 11) is 1.69. The zero-order valence-electron chi connectivity index (χ0n) is 20.4. The summed E-state index contributed by atoms with van der Waals surface area (Å²) in [5.41, 5.74) is 3.47. The number of fused-ring (bicyclic) bond motifs is 1. The van der Waals surface area contributed by atoms with E-state index in [0.717, 1.165) is 37.7 Å². The lowest BCUT2D eigenvalue weighted by molar-refractivity contribution is -0.128. The molecule has 1 aromatic carbocycles. The number of piperazine rings is 1. The first-order valence-electron chi connectivity index (χ1n) is 12.4. The Kier molecular flexibility index (Phi) is 6.42. The summed E-state index contributed by atoms with van der Waals surface area (Å²) in [4.78, 5) is 39.8. The van der Waals surface area contributed by atoms with Gasteiger partial charge in [-0.25, -0.2) is 9.78 Å². The van der Waals surface area contributed by atoms with Crippen molar-refractivity contribution in [2.45, 2.75) is 38.3 Å². The number of aromatic nitrogens is 4. The summed E-state index contributed by atoms with van der Waals surface area (Å²) in [5, 5.41) is 3.35. The van der Waals surface area contributed by atoms with Gasteiger partial charge >= 0.3 is 5.69 Å². The molecule has 1 aliphatic heterocycles. The number of nitrogens with zero attached hydrogens (tertiary/aromatic N) is 5. The molecule has 3 aromatic rings. The lowest BCUT2D eigenvalue weighted by Gasteiger charge is -2.39. The number of rotatable bonds is 8. The number of amides is 1. The molecule has 2 aromatic heterocycles. The summed E-state index contributed by atoms with van der Waals surface area (Å²) in [6.45, 7) is 8.98. The smallest absolute Gasteiger partial charge is 0.327 e. The molecule has 9 heteroatoms. The predicted molar refractivity (Wildman–Crippen MR) is 136 cm³/mol. The molecule has 1 unspecified atom stereocenters. The third kappa shape index (κ3) is 5.00. The van der Waals surface area contributed by atoms with Gasteiger partial charge in [0.2, 0.25) is 11.9 Å². The minimum absolute atomic E-state index is 0.00723. The molecular formula is C26H33N7O2. The normalized spacial score (nSPS) is 18.4. The summed E-state index contributed by atoms with van der Waals surface area (Å²) < 4.78 is 1.48. The first-order chi connectivity index (χ1) is 16.9. The van der Waals surface area contributed by atoms with Crippen LogP contribution in [-0.4, -0.2) is 61.4 Å². The lowest BCUT2D eigenvalue weighted by Crippen LogP contribution is -2.49. The highest BCUT2D eigenvalue weighted by Gasteiger charge is 2.32. The maximum Gasteiger partial charge on any atom is 0.327 e. The number of carbonyl (C=O) groups is 1. The number of benzene rings is 1. The Hall–Kier alpha value is -3.46. The number of aryl methyl sites for hydroxylation is 1. The standard InChI is InChI=1S/C26H33N7O2/c1-4-23(34)33-13-11-32(12-14-33)22(15-18-5-6-18)20-9-7-19(8-10-20)17(2)28-25-27-16-21-24(30-25)31(3)26(35)29-21/h4,7-10,16-18,22H,1,5-6,11-15H2,2-3H3,(H,29,35)(H,27,28,30)/t17-,22?/m0/s1. The monoisotopic (exact) mass is 475 g/mol. The summed E-state index contributed by atoms with van der Waals surface area (Å²) in [5.74, 6) is 1.32. The van der Waals surface area contributed by atoms with Crippen molar-refractivity contribution in [1.29, 1.82) is 0 Å². The molecule has 2 aliphatic rings. The van der Waals surface area contributed by atoms with E-state index in [-0.39, 0.29) is 17.6 Å². The van der Waals surface area contributed by atoms with E-state index in [9.17, 15) is 9.59 Å². The molecule has 35 heavy (non-hydrogen) atoms. The first kappa shape index (κ1) is 23.3. The van der Waals surface area contributed by atoms with Crippen molar-refractivity contribution >= 4 is 23.0 Å². The van der Waals surface area contributed by atoms with Crippen LogP contribution >= 0.6 is 0 Å². The molecule has 2 N–H and O–H groups in total. The molecule has 0 bridgehead atoms. The minimum atomic E-state index is -0.204. The van der Waals surface area contributed by atoms with Crippen LogP contribution in [0.25, 0.3) is 11.2 Å². The van der Waals surface area contributed by atoms with E-state index >= 15 is 0 Å².